The lowest BCUT2D eigenvalue weighted by molar-refractivity contribution is 0.0960. The van der Waals surface area contributed by atoms with Gasteiger partial charge >= 0.3 is 0 Å². The number of nitrogens with one attached hydrogen (secondary N) is 1. The highest BCUT2D eigenvalue weighted by Crippen LogP contribution is 2.26. The van der Waals surface area contributed by atoms with Crippen molar-refractivity contribution in [1.29, 1.82) is 0 Å². The number of anilines is 1. The van der Waals surface area contributed by atoms with Gasteiger partial charge in [0.2, 0.25) is 10.0 Å². The first-order chi connectivity index (χ1) is 13.4. The van der Waals surface area contributed by atoms with Crippen LogP contribution in [0.3, 0.4) is 0 Å². The number of hydrogen-bond acceptors (Lipinski definition) is 5. The molecule has 3 rings (SSSR count). The van der Waals surface area contributed by atoms with Crippen molar-refractivity contribution >= 4 is 21.6 Å². The fourth-order valence-corrected chi connectivity index (χ4v) is 4.60. The van der Waals surface area contributed by atoms with Crippen LogP contribution in [0, 0.1) is 5.82 Å². The Morgan fingerprint density at radius 2 is 1.71 bits per heavy atom. The van der Waals surface area contributed by atoms with Gasteiger partial charge in [-0.05, 0) is 42.5 Å². The van der Waals surface area contributed by atoms with E-state index in [1.807, 2.05) is 4.90 Å². The van der Waals surface area contributed by atoms with Crippen LogP contribution < -0.4 is 15.0 Å². The van der Waals surface area contributed by atoms with Crippen molar-refractivity contribution in [2.45, 2.75) is 4.90 Å². The minimum Gasteiger partial charge on any atom is -0.496 e. The number of rotatable bonds is 5. The summed E-state index contributed by atoms with van der Waals surface area (Å²) in [6, 6.07) is 10.4. The summed E-state index contributed by atoms with van der Waals surface area (Å²) in [6.07, 6.45) is 0. The Bertz CT molecular complexity index is 956. The maximum absolute atomic E-state index is 13.1. The van der Waals surface area contributed by atoms with Crippen molar-refractivity contribution in [3.8, 4) is 5.75 Å². The Morgan fingerprint density at radius 1 is 1.07 bits per heavy atom. The van der Waals surface area contributed by atoms with E-state index in [2.05, 4.69) is 5.32 Å². The standard InChI is InChI=1S/C19H22FN3O4S/c1-21-19(24)17-13-16(7-8-18(17)27-2)28(25,26)23-11-9-22(10-12-23)15-5-3-14(20)4-6-15/h3-8,13H,9-12H2,1-2H3,(H,21,24). The maximum Gasteiger partial charge on any atom is 0.254 e. The normalized spacial score (nSPS) is 15.3. The predicted molar refractivity (Wildman–Crippen MR) is 104 cm³/mol. The molecule has 0 bridgehead atoms. The van der Waals surface area contributed by atoms with Gasteiger partial charge in [-0.2, -0.15) is 4.31 Å². The van der Waals surface area contributed by atoms with E-state index in [4.69, 9.17) is 4.74 Å². The zero-order valence-corrected chi connectivity index (χ0v) is 16.5. The monoisotopic (exact) mass is 407 g/mol. The molecule has 0 spiro atoms. The molecule has 0 aromatic heterocycles. The molecule has 1 saturated heterocycles. The van der Waals surface area contributed by atoms with Crippen LogP contribution >= 0.6 is 0 Å². The number of nitrogens with zero attached hydrogens (tertiary/aromatic N) is 2. The van der Waals surface area contributed by atoms with E-state index >= 15 is 0 Å². The quantitative estimate of drug-likeness (QED) is 0.816. The Balaban J connectivity index is 1.79. The second-order valence-corrected chi connectivity index (χ2v) is 8.25. The molecule has 1 aliphatic rings. The average molecular weight is 407 g/mol. The number of carbonyl (C=O) groups is 1. The average Bonchev–Trinajstić information content (AvgIpc) is 2.73. The highest BCUT2D eigenvalue weighted by molar-refractivity contribution is 7.89. The smallest absolute Gasteiger partial charge is 0.254 e. The molecular formula is C19H22FN3O4S. The SMILES string of the molecule is CNC(=O)c1cc(S(=O)(=O)N2CCN(c3ccc(F)cc3)CC2)ccc1OC. The van der Waals surface area contributed by atoms with Gasteiger partial charge in [-0.3, -0.25) is 4.79 Å². The zero-order chi connectivity index (χ0) is 20.3. The molecule has 1 N–H and O–H groups in total. The summed E-state index contributed by atoms with van der Waals surface area (Å²) < 4.78 is 45.7. The molecule has 0 unspecified atom stereocenters. The second kappa shape index (κ2) is 8.15. The first-order valence-electron chi connectivity index (χ1n) is 8.77. The van der Waals surface area contributed by atoms with Gasteiger partial charge in [0.15, 0.2) is 0 Å². The summed E-state index contributed by atoms with van der Waals surface area (Å²) in [5.41, 5.74) is 1.01. The van der Waals surface area contributed by atoms with Crippen LogP contribution in [0.4, 0.5) is 10.1 Å². The first kappa shape index (κ1) is 20.1. The van der Waals surface area contributed by atoms with Crippen molar-refractivity contribution in [2.75, 3.05) is 45.2 Å². The van der Waals surface area contributed by atoms with E-state index in [-0.39, 0.29) is 16.3 Å². The highest BCUT2D eigenvalue weighted by Gasteiger charge is 2.29. The van der Waals surface area contributed by atoms with Gasteiger partial charge in [0, 0.05) is 38.9 Å². The summed E-state index contributed by atoms with van der Waals surface area (Å²) in [5.74, 6) is -0.425. The van der Waals surface area contributed by atoms with E-state index in [1.54, 1.807) is 12.1 Å². The molecular weight excluding hydrogens is 385 g/mol. The van der Waals surface area contributed by atoms with Gasteiger partial charge in [0.25, 0.3) is 5.91 Å². The summed E-state index contributed by atoms with van der Waals surface area (Å²) in [4.78, 5) is 14.1. The van der Waals surface area contributed by atoms with Crippen LogP contribution in [-0.2, 0) is 10.0 Å². The molecule has 2 aromatic carbocycles. The van der Waals surface area contributed by atoms with Gasteiger partial charge in [0.1, 0.15) is 11.6 Å². The third-order valence-electron chi connectivity index (χ3n) is 4.71. The molecule has 7 nitrogen and oxygen atoms in total. The van der Waals surface area contributed by atoms with E-state index in [1.165, 1.54) is 48.8 Å². The molecule has 0 saturated carbocycles. The van der Waals surface area contributed by atoms with Crippen LogP contribution in [0.2, 0.25) is 0 Å². The molecule has 1 amide bonds. The first-order valence-corrected chi connectivity index (χ1v) is 10.2. The molecule has 9 heteroatoms. The molecule has 0 radical (unpaired) electrons. The minimum absolute atomic E-state index is 0.0436. The largest absolute Gasteiger partial charge is 0.496 e. The number of piperazine rings is 1. The van der Waals surface area contributed by atoms with Gasteiger partial charge in [-0.15, -0.1) is 0 Å². The fourth-order valence-electron chi connectivity index (χ4n) is 3.15. The molecule has 28 heavy (non-hydrogen) atoms. The van der Waals surface area contributed by atoms with Crippen molar-refractivity contribution in [2.24, 2.45) is 0 Å². The lowest BCUT2D eigenvalue weighted by Gasteiger charge is -2.35. The summed E-state index contributed by atoms with van der Waals surface area (Å²) in [7, 11) is -0.861. The Kier molecular flexibility index (Phi) is 5.85. The molecule has 0 atom stereocenters. The lowest BCUT2D eigenvalue weighted by atomic mass is 10.2. The number of carbonyl (C=O) groups excluding carboxylic acids is 1. The van der Waals surface area contributed by atoms with Crippen LogP contribution in [0.5, 0.6) is 5.75 Å². The number of benzene rings is 2. The number of halogens is 1. The van der Waals surface area contributed by atoms with E-state index < -0.39 is 15.9 Å². The van der Waals surface area contributed by atoms with Crippen molar-refractivity contribution in [3.05, 3.63) is 53.8 Å². The second-order valence-electron chi connectivity index (χ2n) is 6.31. The Hall–Kier alpha value is -2.65. The molecule has 1 aliphatic heterocycles. The molecule has 1 heterocycles. The molecule has 2 aromatic rings. The molecule has 0 aliphatic carbocycles. The maximum atomic E-state index is 13.1. The topological polar surface area (TPSA) is 79.0 Å². The highest BCUT2D eigenvalue weighted by atomic mass is 32.2. The van der Waals surface area contributed by atoms with E-state index in [0.29, 0.717) is 31.9 Å². The zero-order valence-electron chi connectivity index (χ0n) is 15.7. The molecule has 150 valence electrons. The van der Waals surface area contributed by atoms with Gasteiger partial charge < -0.3 is 15.0 Å². The molecule has 1 fully saturated rings. The predicted octanol–water partition coefficient (Wildman–Crippen LogP) is 1.70. The number of sulfonamides is 1. The van der Waals surface area contributed by atoms with Crippen LogP contribution in [0.25, 0.3) is 0 Å². The fraction of sp³-hybridized carbons (Fsp3) is 0.316. The van der Waals surface area contributed by atoms with E-state index in [9.17, 15) is 17.6 Å². The van der Waals surface area contributed by atoms with Gasteiger partial charge in [-0.1, -0.05) is 0 Å². The van der Waals surface area contributed by atoms with Crippen LogP contribution in [-0.4, -0.2) is 59.0 Å². The number of hydrogen-bond donors (Lipinski definition) is 1. The Morgan fingerprint density at radius 3 is 2.29 bits per heavy atom. The van der Waals surface area contributed by atoms with Gasteiger partial charge in [-0.25, -0.2) is 12.8 Å². The minimum atomic E-state index is -3.75. The third-order valence-corrected chi connectivity index (χ3v) is 6.61. The number of methoxy groups -OCH3 is 1. The summed E-state index contributed by atoms with van der Waals surface area (Å²) >= 11 is 0. The van der Waals surface area contributed by atoms with Crippen LogP contribution in [0.1, 0.15) is 10.4 Å². The van der Waals surface area contributed by atoms with E-state index in [0.717, 1.165) is 5.69 Å². The lowest BCUT2D eigenvalue weighted by Crippen LogP contribution is -2.48. The van der Waals surface area contributed by atoms with Crippen molar-refractivity contribution in [1.82, 2.24) is 9.62 Å². The van der Waals surface area contributed by atoms with Crippen molar-refractivity contribution < 1.29 is 22.3 Å². The summed E-state index contributed by atoms with van der Waals surface area (Å²) in [6.45, 7) is 1.56. The summed E-state index contributed by atoms with van der Waals surface area (Å²) in [5, 5.41) is 2.48. The number of amides is 1. The Labute approximate surface area is 163 Å². The third kappa shape index (κ3) is 3.95. The van der Waals surface area contributed by atoms with Gasteiger partial charge in [0.05, 0.1) is 17.6 Å². The number of ether oxygens (including phenoxy) is 1. The van der Waals surface area contributed by atoms with Crippen LogP contribution in [0.15, 0.2) is 47.4 Å². The van der Waals surface area contributed by atoms with Crippen molar-refractivity contribution in [3.63, 3.8) is 0 Å².